The van der Waals surface area contributed by atoms with Crippen molar-refractivity contribution < 1.29 is 0 Å². The van der Waals surface area contributed by atoms with Crippen LogP contribution in [0.25, 0.3) is 0 Å². The molecule has 0 saturated carbocycles. The normalized spacial score (nSPS) is 12.8. The molecule has 17 heavy (non-hydrogen) atoms. The van der Waals surface area contributed by atoms with Crippen molar-refractivity contribution in [2.24, 2.45) is 5.73 Å². The summed E-state index contributed by atoms with van der Waals surface area (Å²) in [6.07, 6.45) is 0.876. The molecular formula is C13H21N3O. The Bertz CT molecular complexity index is 474. The molecule has 1 rings (SSSR count). The molecule has 4 nitrogen and oxygen atoms in total. The van der Waals surface area contributed by atoms with Crippen LogP contribution in [0, 0.1) is 5.41 Å². The zero-order valence-electron chi connectivity index (χ0n) is 10.9. The summed E-state index contributed by atoms with van der Waals surface area (Å²) in [5, 5.41) is 7.41. The third-order valence-electron chi connectivity index (χ3n) is 3.06. The van der Waals surface area contributed by atoms with Crippen LogP contribution in [-0.2, 0) is 0 Å². The highest BCUT2D eigenvalue weighted by Crippen LogP contribution is 2.18. The number of hydrogen-bond donors (Lipinski definition) is 2. The third-order valence-corrected chi connectivity index (χ3v) is 3.06. The van der Waals surface area contributed by atoms with Crippen molar-refractivity contribution in [2.75, 3.05) is 0 Å². The van der Waals surface area contributed by atoms with Gasteiger partial charge in [0.1, 0.15) is 5.84 Å². The highest BCUT2D eigenvalue weighted by Gasteiger charge is 2.16. The number of nitrogens with zero attached hydrogens (tertiary/aromatic N) is 1. The van der Waals surface area contributed by atoms with E-state index in [-0.39, 0.29) is 28.9 Å². The van der Waals surface area contributed by atoms with E-state index in [1.165, 1.54) is 0 Å². The van der Waals surface area contributed by atoms with E-state index in [4.69, 9.17) is 11.1 Å². The highest BCUT2D eigenvalue weighted by atomic mass is 16.1. The number of nitrogen functional groups attached to an aromatic ring is 1. The molecule has 0 bridgehead atoms. The van der Waals surface area contributed by atoms with Gasteiger partial charge in [0.15, 0.2) is 0 Å². The number of pyridine rings is 1. The topological polar surface area (TPSA) is 71.9 Å². The molecule has 0 spiro atoms. The molecule has 0 aromatic carbocycles. The van der Waals surface area contributed by atoms with Crippen LogP contribution in [0.3, 0.4) is 0 Å². The molecule has 3 N–H and O–H groups in total. The van der Waals surface area contributed by atoms with Crippen LogP contribution < -0.4 is 11.3 Å². The molecule has 1 aromatic heterocycles. The fourth-order valence-electron chi connectivity index (χ4n) is 1.88. The van der Waals surface area contributed by atoms with E-state index in [9.17, 15) is 4.79 Å². The second kappa shape index (κ2) is 5.17. The SMILES string of the molecule is CCC(C)n1c(C(C)C)ccc(C(=N)N)c1=O. The molecule has 0 aliphatic rings. The first-order valence-corrected chi connectivity index (χ1v) is 5.99. The Labute approximate surface area is 102 Å². The Morgan fingerprint density at radius 1 is 1.41 bits per heavy atom. The molecule has 0 saturated heterocycles. The molecule has 94 valence electrons. The fraction of sp³-hybridized carbons (Fsp3) is 0.538. The summed E-state index contributed by atoms with van der Waals surface area (Å²) in [4.78, 5) is 12.3. The average Bonchev–Trinajstić information content (AvgIpc) is 2.26. The van der Waals surface area contributed by atoms with Crippen LogP contribution in [0.4, 0.5) is 0 Å². The molecular weight excluding hydrogens is 214 g/mol. The molecule has 0 fully saturated rings. The summed E-state index contributed by atoms with van der Waals surface area (Å²) in [6, 6.07) is 3.67. The van der Waals surface area contributed by atoms with Crippen molar-refractivity contribution in [3.63, 3.8) is 0 Å². The van der Waals surface area contributed by atoms with Gasteiger partial charge in [0.05, 0.1) is 5.56 Å². The van der Waals surface area contributed by atoms with Crippen LogP contribution in [-0.4, -0.2) is 10.4 Å². The average molecular weight is 235 g/mol. The van der Waals surface area contributed by atoms with Gasteiger partial charge in [-0.1, -0.05) is 20.8 Å². The highest BCUT2D eigenvalue weighted by molar-refractivity contribution is 5.94. The van der Waals surface area contributed by atoms with Crippen molar-refractivity contribution in [1.29, 1.82) is 5.41 Å². The van der Waals surface area contributed by atoms with Gasteiger partial charge >= 0.3 is 0 Å². The predicted molar refractivity (Wildman–Crippen MR) is 70.8 cm³/mol. The first-order chi connectivity index (χ1) is 7.90. The molecule has 1 unspecified atom stereocenters. The zero-order valence-corrected chi connectivity index (χ0v) is 10.9. The lowest BCUT2D eigenvalue weighted by atomic mass is 10.1. The maximum absolute atomic E-state index is 12.3. The van der Waals surface area contributed by atoms with Gasteiger partial charge < -0.3 is 10.3 Å². The third kappa shape index (κ3) is 2.57. The number of rotatable bonds is 4. The zero-order chi connectivity index (χ0) is 13.2. The van der Waals surface area contributed by atoms with Crippen molar-refractivity contribution >= 4 is 5.84 Å². The molecule has 0 aliphatic carbocycles. The van der Waals surface area contributed by atoms with Crippen molar-refractivity contribution in [3.8, 4) is 0 Å². The van der Waals surface area contributed by atoms with Gasteiger partial charge in [0.2, 0.25) is 0 Å². The molecule has 1 heterocycles. The van der Waals surface area contributed by atoms with E-state index in [1.807, 2.05) is 19.9 Å². The van der Waals surface area contributed by atoms with E-state index in [1.54, 1.807) is 10.6 Å². The van der Waals surface area contributed by atoms with Crippen LogP contribution in [0.5, 0.6) is 0 Å². The van der Waals surface area contributed by atoms with Crippen molar-refractivity contribution in [2.45, 2.75) is 46.1 Å². The lowest BCUT2D eigenvalue weighted by Gasteiger charge is -2.21. The number of aromatic nitrogens is 1. The van der Waals surface area contributed by atoms with Gasteiger partial charge in [-0.3, -0.25) is 10.2 Å². The Balaban J connectivity index is 3.53. The second-order valence-electron chi connectivity index (χ2n) is 4.67. The van der Waals surface area contributed by atoms with Crippen LogP contribution in [0.15, 0.2) is 16.9 Å². The van der Waals surface area contributed by atoms with Gasteiger partial charge in [-0.05, 0) is 31.4 Å². The largest absolute Gasteiger partial charge is 0.384 e. The number of nitrogens with one attached hydrogen (secondary N) is 1. The number of amidine groups is 1. The summed E-state index contributed by atoms with van der Waals surface area (Å²) in [6.45, 7) is 8.17. The Morgan fingerprint density at radius 2 is 2.00 bits per heavy atom. The van der Waals surface area contributed by atoms with Crippen molar-refractivity contribution in [1.82, 2.24) is 4.57 Å². The van der Waals surface area contributed by atoms with E-state index in [0.717, 1.165) is 12.1 Å². The fourth-order valence-corrected chi connectivity index (χ4v) is 1.88. The molecule has 0 aliphatic heterocycles. The Kier molecular flexibility index (Phi) is 4.10. The Hall–Kier alpha value is -1.58. The summed E-state index contributed by atoms with van der Waals surface area (Å²) in [5.74, 6) is 0.111. The van der Waals surface area contributed by atoms with Gasteiger partial charge in [-0.25, -0.2) is 0 Å². The summed E-state index contributed by atoms with van der Waals surface area (Å²) >= 11 is 0. The van der Waals surface area contributed by atoms with Crippen LogP contribution in [0.1, 0.15) is 57.3 Å². The van der Waals surface area contributed by atoms with Gasteiger partial charge in [0, 0.05) is 11.7 Å². The van der Waals surface area contributed by atoms with E-state index < -0.39 is 0 Å². The maximum Gasteiger partial charge on any atom is 0.261 e. The number of hydrogen-bond acceptors (Lipinski definition) is 2. The van der Waals surface area contributed by atoms with Gasteiger partial charge in [-0.15, -0.1) is 0 Å². The first kappa shape index (κ1) is 13.5. The quantitative estimate of drug-likeness (QED) is 0.620. The van der Waals surface area contributed by atoms with Crippen LogP contribution >= 0.6 is 0 Å². The van der Waals surface area contributed by atoms with E-state index in [0.29, 0.717) is 0 Å². The minimum atomic E-state index is -0.164. The molecule has 0 radical (unpaired) electrons. The van der Waals surface area contributed by atoms with E-state index >= 15 is 0 Å². The van der Waals surface area contributed by atoms with Crippen LogP contribution in [0.2, 0.25) is 0 Å². The summed E-state index contributed by atoms with van der Waals surface area (Å²) in [5.41, 5.74) is 6.55. The van der Waals surface area contributed by atoms with Crippen molar-refractivity contribution in [3.05, 3.63) is 33.7 Å². The summed E-state index contributed by atoms with van der Waals surface area (Å²) < 4.78 is 1.77. The lowest BCUT2D eigenvalue weighted by molar-refractivity contribution is 0.483. The molecule has 1 atom stereocenters. The van der Waals surface area contributed by atoms with Gasteiger partial charge in [0.25, 0.3) is 5.56 Å². The smallest absolute Gasteiger partial charge is 0.261 e. The summed E-state index contributed by atoms with van der Waals surface area (Å²) in [7, 11) is 0. The van der Waals surface area contributed by atoms with E-state index in [2.05, 4.69) is 13.8 Å². The monoisotopic (exact) mass is 235 g/mol. The lowest BCUT2D eigenvalue weighted by Crippen LogP contribution is -2.33. The van der Waals surface area contributed by atoms with Gasteiger partial charge in [-0.2, -0.15) is 0 Å². The second-order valence-corrected chi connectivity index (χ2v) is 4.67. The number of nitrogens with two attached hydrogens (primary N) is 1. The maximum atomic E-state index is 12.3. The molecule has 1 aromatic rings. The predicted octanol–water partition coefficient (Wildman–Crippen LogP) is 2.23. The minimum Gasteiger partial charge on any atom is -0.384 e. The molecule has 0 amide bonds. The first-order valence-electron chi connectivity index (χ1n) is 5.99. The molecule has 4 heteroatoms. The minimum absolute atomic E-state index is 0.124. The Morgan fingerprint density at radius 3 is 2.41 bits per heavy atom. The standard InChI is InChI=1S/C13H21N3O/c1-5-9(4)16-11(8(2)3)7-6-10(12(14)15)13(16)17/h6-9H,5H2,1-4H3,(H3,14,15).